The second-order valence-corrected chi connectivity index (χ2v) is 8.68. The maximum Gasteiger partial charge on any atom is 0.460 e. The van der Waals surface area contributed by atoms with Gasteiger partial charge in [0.1, 0.15) is 5.60 Å². The van der Waals surface area contributed by atoms with Crippen LogP contribution < -0.4 is 0 Å². The lowest BCUT2D eigenvalue weighted by Gasteiger charge is -2.42. The Morgan fingerprint density at radius 2 is 0.973 bits per heavy atom. The predicted octanol–water partition coefficient (Wildman–Crippen LogP) is 8.17. The van der Waals surface area contributed by atoms with E-state index in [0.29, 0.717) is 5.56 Å². The predicted molar refractivity (Wildman–Crippen MR) is 105 cm³/mol. The average Bonchev–Trinajstić information content (AvgIpc) is 2.78. The van der Waals surface area contributed by atoms with Crippen LogP contribution in [0, 0.1) is 0 Å². The molecule has 37 heavy (non-hydrogen) atoms. The summed E-state index contributed by atoms with van der Waals surface area (Å²) in [6.07, 6.45) is -10.3. The molecule has 2 rings (SSSR count). The number of alkyl halides is 13. The zero-order chi connectivity index (χ0) is 28.9. The van der Waals surface area contributed by atoms with Crippen molar-refractivity contribution in [3.8, 4) is 0 Å². The molecule has 0 aliphatic carbocycles. The molecule has 0 aromatic heterocycles. The smallest absolute Gasteiger partial charge is 0.380 e. The molecule has 1 unspecified atom stereocenters. The van der Waals surface area contributed by atoms with Crippen molar-refractivity contribution in [3.63, 3.8) is 0 Å². The van der Waals surface area contributed by atoms with E-state index in [1.807, 2.05) is 0 Å². The van der Waals surface area contributed by atoms with Crippen LogP contribution in [0.4, 0.5) is 57.1 Å². The van der Waals surface area contributed by atoms with Crippen LogP contribution in [0.2, 0.25) is 0 Å². The van der Waals surface area contributed by atoms with Crippen LogP contribution >= 0.6 is 0 Å². The Labute approximate surface area is 201 Å². The fourth-order valence-electron chi connectivity index (χ4n) is 3.46. The van der Waals surface area contributed by atoms with Gasteiger partial charge in [-0.05, 0) is 22.6 Å². The fourth-order valence-corrected chi connectivity index (χ4v) is 3.46. The highest BCUT2D eigenvalue weighted by Crippen LogP contribution is 2.61. The van der Waals surface area contributed by atoms with E-state index in [9.17, 15) is 62.2 Å². The lowest BCUT2D eigenvalue weighted by Crippen LogP contribution is -2.70. The minimum Gasteiger partial charge on any atom is -0.380 e. The molecule has 14 heteroatoms. The van der Waals surface area contributed by atoms with Crippen molar-refractivity contribution >= 4 is 0 Å². The van der Waals surface area contributed by atoms with E-state index in [2.05, 4.69) is 0 Å². The molecule has 0 heterocycles. The molecule has 0 saturated heterocycles. The monoisotopic (exact) mass is 558 g/mol. The van der Waals surface area contributed by atoms with Gasteiger partial charge in [0.15, 0.2) is 0 Å². The third kappa shape index (κ3) is 4.88. The van der Waals surface area contributed by atoms with Crippen molar-refractivity contribution in [3.05, 3.63) is 71.3 Å². The average molecular weight is 558 g/mol. The Morgan fingerprint density at radius 3 is 1.38 bits per heavy atom. The molecule has 0 spiro atoms. The van der Waals surface area contributed by atoms with Crippen molar-refractivity contribution < 1.29 is 62.2 Å². The lowest BCUT2D eigenvalue weighted by atomic mass is 9.78. The molecule has 2 aromatic rings. The molecule has 0 aliphatic rings. The second kappa shape index (κ2) is 9.35. The number of hydrogen-bond acceptors (Lipinski definition) is 1. The number of rotatable bonds is 9. The molecule has 1 atom stereocenters. The summed E-state index contributed by atoms with van der Waals surface area (Å²) in [5.41, 5.74) is -3.97. The highest BCUT2D eigenvalue weighted by Gasteiger charge is 2.90. The Balaban J connectivity index is 2.66. The standard InChI is InChI=1S/C23H19F13O/c1-13(2)14-8-10-16(11-9-14)17(37,15-6-4-3-5-7-15)12-18(24,25)19(26,27)20(28,29)21(30,31)22(32,33)23(34,35)36/h3-11,13,37H,12H2,1-2H3. The fraction of sp³-hybridized carbons (Fsp3) is 0.478. The first kappa shape index (κ1) is 30.7. The molecule has 2 aromatic carbocycles. The molecule has 0 fully saturated rings. The first-order chi connectivity index (χ1) is 16.5. The normalized spacial score (nSPS) is 16.1. The Morgan fingerprint density at radius 1 is 0.568 bits per heavy atom. The summed E-state index contributed by atoms with van der Waals surface area (Å²) in [5.74, 6) is -37.9. The maximum absolute atomic E-state index is 14.7. The number of hydrogen-bond donors (Lipinski definition) is 1. The van der Waals surface area contributed by atoms with Gasteiger partial charge in [-0.15, -0.1) is 0 Å². The van der Waals surface area contributed by atoms with Gasteiger partial charge in [0, 0.05) is 0 Å². The van der Waals surface area contributed by atoms with Crippen LogP contribution in [-0.2, 0) is 5.60 Å². The quantitative estimate of drug-likeness (QED) is 0.308. The Hall–Kier alpha value is -2.51. The summed E-state index contributed by atoms with van der Waals surface area (Å²) in [7, 11) is 0. The summed E-state index contributed by atoms with van der Waals surface area (Å²) in [4.78, 5) is 0. The van der Waals surface area contributed by atoms with Crippen molar-refractivity contribution in [1.82, 2.24) is 0 Å². The molecule has 0 bridgehead atoms. The van der Waals surface area contributed by atoms with Gasteiger partial charge in [0.05, 0.1) is 6.42 Å². The first-order valence-electron chi connectivity index (χ1n) is 10.3. The minimum absolute atomic E-state index is 0.152. The van der Waals surface area contributed by atoms with Gasteiger partial charge in [0.25, 0.3) is 0 Å². The van der Waals surface area contributed by atoms with Crippen molar-refractivity contribution in [2.24, 2.45) is 0 Å². The highest BCUT2D eigenvalue weighted by atomic mass is 19.4. The van der Waals surface area contributed by atoms with Gasteiger partial charge < -0.3 is 5.11 Å². The first-order valence-corrected chi connectivity index (χ1v) is 10.3. The van der Waals surface area contributed by atoms with Gasteiger partial charge in [-0.25, -0.2) is 0 Å². The van der Waals surface area contributed by atoms with E-state index in [0.717, 1.165) is 36.4 Å². The third-order valence-corrected chi connectivity index (χ3v) is 5.78. The molecule has 0 amide bonds. The van der Waals surface area contributed by atoms with Gasteiger partial charge >= 0.3 is 35.8 Å². The van der Waals surface area contributed by atoms with Crippen LogP contribution in [-0.4, -0.2) is 40.9 Å². The molecule has 0 aliphatic heterocycles. The molecular formula is C23H19F13O. The topological polar surface area (TPSA) is 20.2 Å². The van der Waals surface area contributed by atoms with Crippen molar-refractivity contribution in [1.29, 1.82) is 0 Å². The summed E-state index contributed by atoms with van der Waals surface area (Å²) in [6.45, 7) is 3.40. The van der Waals surface area contributed by atoms with Gasteiger partial charge in [0.2, 0.25) is 0 Å². The van der Waals surface area contributed by atoms with Crippen LogP contribution in [0.3, 0.4) is 0 Å². The molecular weight excluding hydrogens is 539 g/mol. The molecule has 1 N–H and O–H groups in total. The Bertz CT molecular complexity index is 1060. The van der Waals surface area contributed by atoms with Gasteiger partial charge in [-0.1, -0.05) is 68.4 Å². The molecule has 1 nitrogen and oxygen atoms in total. The van der Waals surface area contributed by atoms with E-state index >= 15 is 0 Å². The van der Waals surface area contributed by atoms with E-state index < -0.39 is 58.9 Å². The van der Waals surface area contributed by atoms with Crippen molar-refractivity contribution in [2.45, 2.75) is 67.6 Å². The zero-order valence-electron chi connectivity index (χ0n) is 18.8. The molecule has 0 saturated carbocycles. The van der Waals surface area contributed by atoms with Gasteiger partial charge in [-0.3, -0.25) is 0 Å². The van der Waals surface area contributed by atoms with Crippen LogP contribution in [0.5, 0.6) is 0 Å². The third-order valence-electron chi connectivity index (χ3n) is 5.78. The maximum atomic E-state index is 14.7. The number of aliphatic hydroxyl groups is 1. The van der Waals surface area contributed by atoms with E-state index in [-0.39, 0.29) is 5.92 Å². The van der Waals surface area contributed by atoms with Crippen LogP contribution in [0.25, 0.3) is 0 Å². The summed E-state index contributed by atoms with van der Waals surface area (Å²) in [6, 6.07) is 9.75. The summed E-state index contributed by atoms with van der Waals surface area (Å²) < 4.78 is 176. The van der Waals surface area contributed by atoms with Crippen LogP contribution in [0.15, 0.2) is 54.6 Å². The second-order valence-electron chi connectivity index (χ2n) is 8.68. The summed E-state index contributed by atoms with van der Waals surface area (Å²) >= 11 is 0. The molecule has 208 valence electrons. The number of halogens is 13. The van der Waals surface area contributed by atoms with E-state index in [4.69, 9.17) is 0 Å². The largest absolute Gasteiger partial charge is 0.460 e. The van der Waals surface area contributed by atoms with Crippen molar-refractivity contribution in [2.75, 3.05) is 0 Å². The lowest BCUT2D eigenvalue weighted by molar-refractivity contribution is -0.441. The zero-order valence-corrected chi connectivity index (χ0v) is 18.8. The minimum atomic E-state index is -8.01. The summed E-state index contributed by atoms with van der Waals surface area (Å²) in [5, 5.41) is 11.1. The Kier molecular flexibility index (Phi) is 7.76. The highest BCUT2D eigenvalue weighted by molar-refractivity contribution is 5.38. The SMILES string of the molecule is CC(C)c1ccc(C(O)(CC(F)(F)C(F)(F)C(F)(F)C(F)(F)C(F)(F)C(F)(F)F)c2ccccc2)cc1. The van der Waals surface area contributed by atoms with Gasteiger partial charge in [-0.2, -0.15) is 57.1 Å². The van der Waals surface area contributed by atoms with E-state index in [1.165, 1.54) is 18.2 Å². The molecule has 0 radical (unpaired) electrons. The number of benzene rings is 2. The van der Waals surface area contributed by atoms with E-state index in [1.54, 1.807) is 13.8 Å². The van der Waals surface area contributed by atoms with Crippen LogP contribution in [0.1, 0.15) is 42.9 Å².